The van der Waals surface area contributed by atoms with Gasteiger partial charge in [-0.25, -0.2) is 8.78 Å². The van der Waals surface area contributed by atoms with E-state index < -0.39 is 23.1 Å². The van der Waals surface area contributed by atoms with Crippen LogP contribution in [-0.2, 0) is 0 Å². The summed E-state index contributed by atoms with van der Waals surface area (Å²) < 4.78 is 27.7. The maximum Gasteiger partial charge on any atom is 0.259 e. The second-order valence-corrected chi connectivity index (χ2v) is 5.49. The number of carbonyl (C=O) groups excluding carboxylic acids is 1. The van der Waals surface area contributed by atoms with Crippen LogP contribution in [0.1, 0.15) is 17.3 Å². The summed E-state index contributed by atoms with van der Waals surface area (Å²) in [4.78, 5) is 13.6. The van der Waals surface area contributed by atoms with Crippen LogP contribution < -0.4 is 5.32 Å². The van der Waals surface area contributed by atoms with E-state index in [1.54, 1.807) is 22.6 Å². The van der Waals surface area contributed by atoms with Gasteiger partial charge in [0.05, 0.1) is 0 Å². The van der Waals surface area contributed by atoms with Crippen LogP contribution in [0.15, 0.2) is 12.1 Å². The van der Waals surface area contributed by atoms with Crippen molar-refractivity contribution in [1.29, 1.82) is 0 Å². The molecule has 1 N–H and O–H groups in total. The van der Waals surface area contributed by atoms with Crippen molar-refractivity contribution in [2.24, 2.45) is 0 Å². The van der Waals surface area contributed by atoms with E-state index >= 15 is 0 Å². The van der Waals surface area contributed by atoms with Crippen molar-refractivity contribution in [3.05, 3.63) is 32.9 Å². The highest BCUT2D eigenvalue weighted by molar-refractivity contribution is 14.1. The first kappa shape index (κ1) is 16.6. The van der Waals surface area contributed by atoms with Gasteiger partial charge in [0, 0.05) is 29.2 Å². The second-order valence-electron chi connectivity index (χ2n) is 4.32. The van der Waals surface area contributed by atoms with E-state index in [-0.39, 0.29) is 22.0 Å². The number of halogens is 4. The zero-order chi connectivity index (χ0) is 13.3. The van der Waals surface area contributed by atoms with Gasteiger partial charge >= 0.3 is 0 Å². The Bertz CT molecular complexity index is 487. The zero-order valence-corrected chi connectivity index (χ0v) is 13.2. The van der Waals surface area contributed by atoms with Gasteiger partial charge in [-0.3, -0.25) is 4.79 Å². The van der Waals surface area contributed by atoms with E-state index in [2.05, 4.69) is 5.32 Å². The minimum Gasteiger partial charge on any atom is -0.336 e. The quantitative estimate of drug-likeness (QED) is 0.578. The van der Waals surface area contributed by atoms with Crippen molar-refractivity contribution in [3.8, 4) is 0 Å². The Labute approximate surface area is 130 Å². The van der Waals surface area contributed by atoms with E-state index in [0.717, 1.165) is 6.07 Å². The fourth-order valence-electron chi connectivity index (χ4n) is 2.00. The predicted octanol–water partition coefficient (Wildman–Crippen LogP) is 2.43. The molecule has 106 valence electrons. The molecule has 1 unspecified atom stereocenters. The molecule has 0 aliphatic carbocycles. The fraction of sp³-hybridized carbons (Fsp3) is 0.417. The van der Waals surface area contributed by atoms with Crippen molar-refractivity contribution in [3.63, 3.8) is 0 Å². The van der Waals surface area contributed by atoms with Gasteiger partial charge in [-0.2, -0.15) is 0 Å². The summed E-state index contributed by atoms with van der Waals surface area (Å²) in [6.45, 7) is 3.50. The first-order valence-electron chi connectivity index (χ1n) is 5.67. The van der Waals surface area contributed by atoms with Gasteiger partial charge in [0.2, 0.25) is 0 Å². The highest BCUT2D eigenvalue weighted by Gasteiger charge is 2.27. The van der Waals surface area contributed by atoms with Crippen LogP contribution in [0.4, 0.5) is 8.78 Å². The average molecular weight is 403 g/mol. The van der Waals surface area contributed by atoms with Crippen molar-refractivity contribution < 1.29 is 13.6 Å². The van der Waals surface area contributed by atoms with Crippen LogP contribution in [0.3, 0.4) is 0 Å². The molecule has 1 aliphatic rings. The average Bonchev–Trinajstić information content (AvgIpc) is 2.34. The largest absolute Gasteiger partial charge is 0.336 e. The van der Waals surface area contributed by atoms with Crippen molar-refractivity contribution in [2.75, 3.05) is 19.6 Å². The highest BCUT2D eigenvalue weighted by Crippen LogP contribution is 2.20. The molecule has 19 heavy (non-hydrogen) atoms. The number of benzene rings is 1. The monoisotopic (exact) mass is 402 g/mol. The van der Waals surface area contributed by atoms with E-state index in [1.807, 2.05) is 6.92 Å². The SMILES string of the molecule is CC1CN(C(=O)c2c(F)ccc(I)c2F)CCN1.Cl. The Hall–Kier alpha value is -0.470. The van der Waals surface area contributed by atoms with Crippen molar-refractivity contribution in [1.82, 2.24) is 10.2 Å². The molecule has 1 heterocycles. The second kappa shape index (κ2) is 6.81. The number of nitrogens with one attached hydrogen (secondary N) is 1. The Morgan fingerprint density at radius 2 is 2.16 bits per heavy atom. The summed E-state index contributed by atoms with van der Waals surface area (Å²) in [5.74, 6) is -2.15. The smallest absolute Gasteiger partial charge is 0.259 e. The number of hydrogen-bond acceptors (Lipinski definition) is 2. The number of amides is 1. The van der Waals surface area contributed by atoms with Gasteiger partial charge in [-0.1, -0.05) is 0 Å². The Morgan fingerprint density at radius 1 is 1.47 bits per heavy atom. The summed E-state index contributed by atoms with van der Waals surface area (Å²) in [7, 11) is 0. The molecule has 1 fully saturated rings. The Morgan fingerprint density at radius 3 is 2.79 bits per heavy atom. The molecule has 0 spiro atoms. The standard InChI is InChI=1S/C12H13F2IN2O.ClH/c1-7-6-17(5-4-16-7)12(18)10-8(13)2-3-9(15)11(10)14;/h2-3,7,16H,4-6H2,1H3;1H. The third-order valence-corrected chi connectivity index (χ3v) is 3.75. The van der Waals surface area contributed by atoms with Crippen molar-refractivity contribution in [2.45, 2.75) is 13.0 Å². The number of nitrogens with zero attached hydrogens (tertiary/aromatic N) is 1. The van der Waals surface area contributed by atoms with E-state index in [0.29, 0.717) is 19.6 Å². The van der Waals surface area contributed by atoms with Crippen LogP contribution in [0.25, 0.3) is 0 Å². The van der Waals surface area contributed by atoms with Crippen LogP contribution >= 0.6 is 35.0 Å². The Kier molecular flexibility index (Phi) is 5.94. The maximum absolute atomic E-state index is 13.9. The third kappa shape index (κ3) is 3.55. The molecule has 1 atom stereocenters. The molecule has 1 aromatic rings. The molecule has 0 bridgehead atoms. The molecular weight excluding hydrogens is 388 g/mol. The van der Waals surface area contributed by atoms with Gasteiger partial charge in [-0.15, -0.1) is 12.4 Å². The number of carbonyl (C=O) groups is 1. The first-order valence-corrected chi connectivity index (χ1v) is 6.74. The van der Waals surface area contributed by atoms with Gasteiger partial charge in [0.15, 0.2) is 5.82 Å². The third-order valence-electron chi connectivity index (χ3n) is 2.91. The van der Waals surface area contributed by atoms with Crippen LogP contribution in [-0.4, -0.2) is 36.5 Å². The number of piperazine rings is 1. The predicted molar refractivity (Wildman–Crippen MR) is 79.7 cm³/mol. The molecule has 0 saturated carbocycles. The topological polar surface area (TPSA) is 32.3 Å². The molecule has 0 aromatic heterocycles. The zero-order valence-electron chi connectivity index (χ0n) is 10.3. The lowest BCUT2D eigenvalue weighted by atomic mass is 10.1. The fourth-order valence-corrected chi connectivity index (χ4v) is 2.45. The molecule has 0 radical (unpaired) electrons. The van der Waals surface area contributed by atoms with Crippen molar-refractivity contribution >= 4 is 40.9 Å². The summed E-state index contributed by atoms with van der Waals surface area (Å²) in [6, 6.07) is 2.59. The molecule has 7 heteroatoms. The summed E-state index contributed by atoms with van der Waals surface area (Å²) in [5, 5.41) is 3.18. The lowest BCUT2D eigenvalue weighted by Crippen LogP contribution is -2.51. The molecule has 1 amide bonds. The summed E-state index contributed by atoms with van der Waals surface area (Å²) >= 11 is 1.75. The molecular formula is C12H14ClF2IN2O. The summed E-state index contributed by atoms with van der Waals surface area (Å²) in [6.07, 6.45) is 0. The van der Waals surface area contributed by atoms with Gasteiger partial charge in [0.25, 0.3) is 5.91 Å². The lowest BCUT2D eigenvalue weighted by molar-refractivity contribution is 0.0699. The summed E-state index contributed by atoms with van der Waals surface area (Å²) in [5.41, 5.74) is -0.448. The van der Waals surface area contributed by atoms with Gasteiger partial charge in [-0.05, 0) is 41.6 Å². The van der Waals surface area contributed by atoms with Gasteiger partial charge < -0.3 is 10.2 Å². The van der Waals surface area contributed by atoms with Gasteiger partial charge in [0.1, 0.15) is 11.4 Å². The molecule has 3 nitrogen and oxygen atoms in total. The molecule has 1 saturated heterocycles. The van der Waals surface area contributed by atoms with Crippen LogP contribution in [0, 0.1) is 15.2 Å². The number of hydrogen-bond donors (Lipinski definition) is 1. The normalized spacial score (nSPS) is 18.9. The first-order chi connectivity index (χ1) is 8.50. The van der Waals surface area contributed by atoms with Crippen LogP contribution in [0.5, 0.6) is 0 Å². The minimum absolute atomic E-state index is 0. The maximum atomic E-state index is 13.9. The van der Waals surface area contributed by atoms with E-state index in [1.165, 1.54) is 11.0 Å². The highest BCUT2D eigenvalue weighted by atomic mass is 127. The lowest BCUT2D eigenvalue weighted by Gasteiger charge is -2.32. The van der Waals surface area contributed by atoms with E-state index in [4.69, 9.17) is 0 Å². The minimum atomic E-state index is -0.802. The number of rotatable bonds is 1. The molecule has 2 rings (SSSR count). The molecule has 1 aliphatic heterocycles. The van der Waals surface area contributed by atoms with E-state index in [9.17, 15) is 13.6 Å². The molecule has 1 aromatic carbocycles. The van der Waals surface area contributed by atoms with Crippen LogP contribution in [0.2, 0.25) is 0 Å². The Balaban J connectivity index is 0.00000180.